The topological polar surface area (TPSA) is 78.1 Å². The number of methoxy groups -OCH3 is 3. The molecule has 1 saturated heterocycles. The number of ether oxygens (including phenoxy) is 4. The number of carbonyl (C=O) groups excluding carboxylic acids is 1. The first kappa shape index (κ1) is 23.4. The summed E-state index contributed by atoms with van der Waals surface area (Å²) in [5.41, 5.74) is 1.52. The number of amides is 1. The van der Waals surface area contributed by atoms with Crippen molar-refractivity contribution in [3.63, 3.8) is 0 Å². The number of nitrogens with one attached hydrogen (secondary N) is 2. The highest BCUT2D eigenvalue weighted by Crippen LogP contribution is 2.37. The van der Waals surface area contributed by atoms with Crippen LogP contribution in [-0.4, -0.2) is 46.4 Å². The Bertz CT molecular complexity index is 987. The van der Waals surface area contributed by atoms with E-state index in [9.17, 15) is 9.18 Å². The van der Waals surface area contributed by atoms with Gasteiger partial charge in [0.1, 0.15) is 29.1 Å². The maximum absolute atomic E-state index is 14.1. The molecule has 2 N–H and O–H groups in total. The molecule has 172 valence electrons. The van der Waals surface area contributed by atoms with Gasteiger partial charge in [0.15, 0.2) is 11.5 Å². The number of hydrogen-bond donors (Lipinski definition) is 2. The molecular formula is C24H29FN2O5. The quantitative estimate of drug-likeness (QED) is 0.599. The number of rotatable bonds is 8. The summed E-state index contributed by atoms with van der Waals surface area (Å²) in [4.78, 5) is 12.9. The number of benzene rings is 2. The van der Waals surface area contributed by atoms with E-state index >= 15 is 0 Å². The van der Waals surface area contributed by atoms with E-state index in [1.54, 1.807) is 39.4 Å². The van der Waals surface area contributed by atoms with Gasteiger partial charge in [-0.25, -0.2) is 4.39 Å². The number of carbonyl (C=O) groups is 1. The van der Waals surface area contributed by atoms with E-state index in [-0.39, 0.29) is 23.5 Å². The highest BCUT2D eigenvalue weighted by molar-refractivity contribution is 6.07. The van der Waals surface area contributed by atoms with Crippen molar-refractivity contribution in [2.45, 2.75) is 25.9 Å². The number of anilines is 1. The number of halogens is 1. The van der Waals surface area contributed by atoms with Gasteiger partial charge in [0.05, 0.1) is 21.3 Å². The van der Waals surface area contributed by atoms with Crippen LogP contribution in [-0.2, 0) is 4.79 Å². The second kappa shape index (κ2) is 10.9. The van der Waals surface area contributed by atoms with Crippen molar-refractivity contribution in [2.24, 2.45) is 0 Å². The lowest BCUT2D eigenvalue weighted by Gasteiger charge is -2.25. The molecule has 0 aromatic heterocycles. The molecule has 32 heavy (non-hydrogen) atoms. The monoisotopic (exact) mass is 444 g/mol. The third kappa shape index (κ3) is 5.70. The van der Waals surface area contributed by atoms with Crippen LogP contribution >= 0.6 is 0 Å². The standard InChI is InChI=1S/C24H29FN2O5/c1-15(11-16-5-6-19(29-2)20(12-16)30-3)24(28)27-23-21(31-4)13-17(25)14-22(23)32-18-7-9-26-10-8-18/h5-6,11-14,18,26H,7-10H2,1-4H3,(H,27,28)/b15-11+. The summed E-state index contributed by atoms with van der Waals surface area (Å²) in [5, 5.41) is 6.08. The van der Waals surface area contributed by atoms with Crippen LogP contribution in [0.4, 0.5) is 10.1 Å². The maximum atomic E-state index is 14.1. The molecule has 0 atom stereocenters. The number of hydrogen-bond acceptors (Lipinski definition) is 6. The minimum Gasteiger partial charge on any atom is -0.494 e. The highest BCUT2D eigenvalue weighted by Gasteiger charge is 2.21. The van der Waals surface area contributed by atoms with E-state index in [2.05, 4.69) is 10.6 Å². The smallest absolute Gasteiger partial charge is 0.251 e. The van der Waals surface area contributed by atoms with E-state index in [0.717, 1.165) is 31.5 Å². The number of piperidine rings is 1. The molecule has 3 rings (SSSR count). The summed E-state index contributed by atoms with van der Waals surface area (Å²) in [6.45, 7) is 3.34. The van der Waals surface area contributed by atoms with Crippen molar-refractivity contribution in [1.29, 1.82) is 0 Å². The van der Waals surface area contributed by atoms with Gasteiger partial charge in [0.2, 0.25) is 0 Å². The molecule has 1 fully saturated rings. The molecular weight excluding hydrogens is 415 g/mol. The van der Waals surface area contributed by atoms with Gasteiger partial charge < -0.3 is 29.6 Å². The summed E-state index contributed by atoms with van der Waals surface area (Å²) in [7, 11) is 4.53. The molecule has 0 saturated carbocycles. The fraction of sp³-hybridized carbons (Fsp3) is 0.375. The lowest BCUT2D eigenvalue weighted by molar-refractivity contribution is -0.112. The molecule has 0 bridgehead atoms. The zero-order chi connectivity index (χ0) is 23.1. The van der Waals surface area contributed by atoms with Gasteiger partial charge in [0.25, 0.3) is 5.91 Å². The molecule has 7 nitrogen and oxygen atoms in total. The van der Waals surface area contributed by atoms with Gasteiger partial charge in [0, 0.05) is 17.7 Å². The van der Waals surface area contributed by atoms with Crippen molar-refractivity contribution in [1.82, 2.24) is 5.32 Å². The summed E-state index contributed by atoms with van der Waals surface area (Å²) in [6.07, 6.45) is 3.25. The average molecular weight is 445 g/mol. The molecule has 1 aliphatic heterocycles. The van der Waals surface area contributed by atoms with Crippen LogP contribution in [0.1, 0.15) is 25.3 Å². The Labute approximate surface area is 187 Å². The second-order valence-electron chi connectivity index (χ2n) is 7.44. The fourth-order valence-corrected chi connectivity index (χ4v) is 3.50. The molecule has 2 aromatic carbocycles. The summed E-state index contributed by atoms with van der Waals surface area (Å²) >= 11 is 0. The van der Waals surface area contributed by atoms with Gasteiger partial charge in [-0.2, -0.15) is 0 Å². The summed E-state index contributed by atoms with van der Waals surface area (Å²) in [6, 6.07) is 7.86. The van der Waals surface area contributed by atoms with E-state index in [4.69, 9.17) is 18.9 Å². The second-order valence-corrected chi connectivity index (χ2v) is 7.44. The first-order valence-corrected chi connectivity index (χ1v) is 10.4. The van der Waals surface area contributed by atoms with Crippen molar-refractivity contribution in [2.75, 3.05) is 39.7 Å². The Hall–Kier alpha value is -3.26. The van der Waals surface area contributed by atoms with Crippen LogP contribution in [0.15, 0.2) is 35.9 Å². The predicted molar refractivity (Wildman–Crippen MR) is 121 cm³/mol. The lowest BCUT2D eigenvalue weighted by Crippen LogP contribution is -2.34. The minimum atomic E-state index is -0.499. The van der Waals surface area contributed by atoms with Gasteiger partial charge in [-0.1, -0.05) is 6.07 Å². The lowest BCUT2D eigenvalue weighted by atomic mass is 10.1. The average Bonchev–Trinajstić information content (AvgIpc) is 2.80. The van der Waals surface area contributed by atoms with E-state index < -0.39 is 5.82 Å². The van der Waals surface area contributed by atoms with E-state index in [1.807, 2.05) is 6.07 Å². The maximum Gasteiger partial charge on any atom is 0.251 e. The van der Waals surface area contributed by atoms with Crippen molar-refractivity contribution < 1.29 is 28.1 Å². The Morgan fingerprint density at radius 3 is 2.31 bits per heavy atom. The van der Waals surface area contributed by atoms with Crippen LogP contribution in [0, 0.1) is 5.82 Å². The Morgan fingerprint density at radius 1 is 1.00 bits per heavy atom. The van der Waals surface area contributed by atoms with Crippen LogP contribution in [0.25, 0.3) is 6.08 Å². The Kier molecular flexibility index (Phi) is 7.94. The first-order chi connectivity index (χ1) is 15.4. The Morgan fingerprint density at radius 2 is 1.66 bits per heavy atom. The molecule has 2 aromatic rings. The fourth-order valence-electron chi connectivity index (χ4n) is 3.50. The Balaban J connectivity index is 1.84. The summed E-state index contributed by atoms with van der Waals surface area (Å²) in [5.74, 6) is 0.748. The zero-order valence-corrected chi connectivity index (χ0v) is 18.8. The first-order valence-electron chi connectivity index (χ1n) is 10.4. The van der Waals surface area contributed by atoms with Crippen LogP contribution in [0.3, 0.4) is 0 Å². The molecule has 0 spiro atoms. The van der Waals surface area contributed by atoms with E-state index in [1.165, 1.54) is 19.2 Å². The van der Waals surface area contributed by atoms with Gasteiger partial charge in [-0.15, -0.1) is 0 Å². The van der Waals surface area contributed by atoms with Crippen LogP contribution in [0.5, 0.6) is 23.0 Å². The highest BCUT2D eigenvalue weighted by atomic mass is 19.1. The molecule has 0 unspecified atom stereocenters. The third-order valence-corrected chi connectivity index (χ3v) is 5.22. The van der Waals surface area contributed by atoms with Crippen molar-refractivity contribution >= 4 is 17.7 Å². The van der Waals surface area contributed by atoms with Crippen molar-refractivity contribution in [3.8, 4) is 23.0 Å². The molecule has 1 amide bonds. The normalized spacial score (nSPS) is 14.6. The predicted octanol–water partition coefficient (Wildman–Crippen LogP) is 4.02. The molecule has 0 radical (unpaired) electrons. The largest absolute Gasteiger partial charge is 0.494 e. The van der Waals surface area contributed by atoms with Crippen LogP contribution < -0.4 is 29.6 Å². The van der Waals surface area contributed by atoms with E-state index in [0.29, 0.717) is 22.8 Å². The van der Waals surface area contributed by atoms with Gasteiger partial charge in [-0.05, 0) is 56.6 Å². The minimum absolute atomic E-state index is 0.0678. The third-order valence-electron chi connectivity index (χ3n) is 5.22. The zero-order valence-electron chi connectivity index (χ0n) is 18.8. The summed E-state index contributed by atoms with van der Waals surface area (Å²) < 4.78 is 36.1. The van der Waals surface area contributed by atoms with Gasteiger partial charge >= 0.3 is 0 Å². The SMILES string of the molecule is COc1ccc(/C=C(\C)C(=O)Nc2c(OC)cc(F)cc2OC2CCNCC2)cc1OC. The molecule has 8 heteroatoms. The van der Waals surface area contributed by atoms with Crippen LogP contribution in [0.2, 0.25) is 0 Å². The van der Waals surface area contributed by atoms with Crippen molar-refractivity contribution in [3.05, 3.63) is 47.3 Å². The molecule has 0 aliphatic carbocycles. The molecule has 1 aliphatic rings. The van der Waals surface area contributed by atoms with Gasteiger partial charge in [-0.3, -0.25) is 4.79 Å². The molecule has 1 heterocycles.